The van der Waals surface area contributed by atoms with Crippen LogP contribution in [0.4, 0.5) is 17.3 Å². The number of rotatable bonds is 10. The van der Waals surface area contributed by atoms with Crippen LogP contribution in [-0.2, 0) is 4.79 Å². The van der Waals surface area contributed by atoms with E-state index in [4.69, 9.17) is 4.74 Å². The van der Waals surface area contributed by atoms with E-state index in [-0.39, 0.29) is 23.9 Å². The van der Waals surface area contributed by atoms with Gasteiger partial charge in [0.25, 0.3) is 5.91 Å². The lowest BCUT2D eigenvalue weighted by Gasteiger charge is -2.11. The Hall–Kier alpha value is -3.43. The zero-order chi connectivity index (χ0) is 18.8. The van der Waals surface area contributed by atoms with Crippen LogP contribution in [-0.4, -0.2) is 34.0 Å². The van der Waals surface area contributed by atoms with Gasteiger partial charge < -0.3 is 10.1 Å². The molecule has 1 amide bonds. The van der Waals surface area contributed by atoms with E-state index in [2.05, 4.69) is 26.1 Å². The summed E-state index contributed by atoms with van der Waals surface area (Å²) in [6.07, 6.45) is 2.96. The minimum Gasteiger partial charge on any atom is -0.484 e. The average molecular weight is 360 g/mol. The number of carbonyl (C=O) groups is 1. The number of nitro groups is 1. The van der Waals surface area contributed by atoms with Gasteiger partial charge in [-0.2, -0.15) is 0 Å². The molecule has 0 aliphatic heterocycles. The second kappa shape index (κ2) is 9.77. The highest BCUT2D eigenvalue weighted by Crippen LogP contribution is 2.28. The van der Waals surface area contributed by atoms with Crippen molar-refractivity contribution in [2.45, 2.75) is 19.8 Å². The maximum absolute atomic E-state index is 11.8. The van der Waals surface area contributed by atoms with Crippen molar-refractivity contribution in [1.29, 1.82) is 0 Å². The van der Waals surface area contributed by atoms with E-state index in [1.807, 2.05) is 13.0 Å². The normalized spacial score (nSPS) is 10.0. The van der Waals surface area contributed by atoms with Crippen LogP contribution in [0.5, 0.6) is 5.75 Å². The molecule has 1 heterocycles. The molecular weight excluding hydrogens is 340 g/mol. The molecule has 3 N–H and O–H groups in total. The molecule has 2 aromatic rings. The van der Waals surface area contributed by atoms with E-state index in [9.17, 15) is 14.9 Å². The van der Waals surface area contributed by atoms with E-state index in [1.54, 1.807) is 24.3 Å². The van der Waals surface area contributed by atoms with Crippen molar-refractivity contribution >= 4 is 23.2 Å². The maximum atomic E-state index is 11.8. The summed E-state index contributed by atoms with van der Waals surface area (Å²) in [6, 6.07) is 8.81. The quantitative estimate of drug-likeness (QED) is 0.333. The van der Waals surface area contributed by atoms with Crippen molar-refractivity contribution in [3.63, 3.8) is 0 Å². The molecule has 0 aliphatic carbocycles. The van der Waals surface area contributed by atoms with Crippen molar-refractivity contribution in [3.05, 3.63) is 46.8 Å². The van der Waals surface area contributed by atoms with Gasteiger partial charge in [0, 0.05) is 6.54 Å². The minimum atomic E-state index is -0.608. The van der Waals surface area contributed by atoms with Gasteiger partial charge in [-0.1, -0.05) is 31.5 Å². The third-order valence-electron chi connectivity index (χ3n) is 3.26. The van der Waals surface area contributed by atoms with Crippen LogP contribution in [0.3, 0.4) is 0 Å². The predicted octanol–water partition coefficient (Wildman–Crippen LogP) is 2.12. The van der Waals surface area contributed by atoms with Crippen molar-refractivity contribution in [2.75, 3.05) is 23.9 Å². The van der Waals surface area contributed by atoms with Crippen LogP contribution >= 0.6 is 0 Å². The number of carbonyl (C=O) groups excluding carboxylic acids is 1. The van der Waals surface area contributed by atoms with Crippen LogP contribution in [0, 0.1) is 10.1 Å². The SMILES string of the molecule is CCCCNc1ncnc(NNC(=O)COc2ccccc2)c1[N+](=O)[O-]. The van der Waals surface area contributed by atoms with Crippen molar-refractivity contribution < 1.29 is 14.5 Å². The van der Waals surface area contributed by atoms with Crippen LogP contribution in [0.25, 0.3) is 0 Å². The number of anilines is 2. The summed E-state index contributed by atoms with van der Waals surface area (Å²) in [4.78, 5) is 30.3. The molecule has 0 saturated carbocycles. The van der Waals surface area contributed by atoms with E-state index in [1.165, 1.54) is 6.33 Å². The molecular formula is C16H20N6O4. The highest BCUT2D eigenvalue weighted by atomic mass is 16.6. The molecule has 26 heavy (non-hydrogen) atoms. The fourth-order valence-corrected chi connectivity index (χ4v) is 1.99. The number of para-hydroxylation sites is 1. The molecule has 0 unspecified atom stereocenters. The standard InChI is InChI=1S/C16H20N6O4/c1-2-3-9-17-15-14(22(24)25)16(19-11-18-15)21-20-13(23)10-26-12-7-5-4-6-8-12/h4-8,11H,2-3,9-10H2,1H3,(H,20,23)(H2,17,18,19,21). The molecule has 10 nitrogen and oxygen atoms in total. The molecule has 138 valence electrons. The summed E-state index contributed by atoms with van der Waals surface area (Å²) in [5.41, 5.74) is 4.43. The van der Waals surface area contributed by atoms with Crippen LogP contribution in [0.15, 0.2) is 36.7 Å². The number of nitrogens with one attached hydrogen (secondary N) is 3. The van der Waals surface area contributed by atoms with E-state index >= 15 is 0 Å². The molecule has 0 aliphatic rings. The van der Waals surface area contributed by atoms with E-state index < -0.39 is 10.8 Å². The van der Waals surface area contributed by atoms with Crippen molar-refractivity contribution in [1.82, 2.24) is 15.4 Å². The largest absolute Gasteiger partial charge is 0.484 e. The molecule has 0 radical (unpaired) electrons. The number of hydrogen-bond acceptors (Lipinski definition) is 8. The van der Waals surface area contributed by atoms with Gasteiger partial charge in [0.2, 0.25) is 11.6 Å². The minimum absolute atomic E-state index is 0.0933. The maximum Gasteiger partial charge on any atom is 0.354 e. The van der Waals surface area contributed by atoms with Gasteiger partial charge in [0.1, 0.15) is 12.1 Å². The monoisotopic (exact) mass is 360 g/mol. The predicted molar refractivity (Wildman–Crippen MR) is 95.8 cm³/mol. The zero-order valence-electron chi connectivity index (χ0n) is 14.3. The second-order valence-electron chi connectivity index (χ2n) is 5.23. The Labute approximate surface area is 150 Å². The fourth-order valence-electron chi connectivity index (χ4n) is 1.99. The molecule has 0 bridgehead atoms. The number of amides is 1. The van der Waals surface area contributed by atoms with Crippen LogP contribution in [0.1, 0.15) is 19.8 Å². The van der Waals surface area contributed by atoms with Gasteiger partial charge in [-0.3, -0.25) is 25.8 Å². The fraction of sp³-hybridized carbons (Fsp3) is 0.312. The Morgan fingerprint density at radius 1 is 1.23 bits per heavy atom. The van der Waals surface area contributed by atoms with E-state index in [0.717, 1.165) is 12.8 Å². The number of ether oxygens (including phenoxy) is 1. The summed E-state index contributed by atoms with van der Waals surface area (Å²) in [7, 11) is 0. The Bertz CT molecular complexity index is 741. The number of hydrazine groups is 1. The summed E-state index contributed by atoms with van der Waals surface area (Å²) >= 11 is 0. The topological polar surface area (TPSA) is 131 Å². The highest BCUT2D eigenvalue weighted by Gasteiger charge is 2.23. The smallest absolute Gasteiger partial charge is 0.354 e. The Morgan fingerprint density at radius 3 is 2.65 bits per heavy atom. The molecule has 0 fully saturated rings. The Kier molecular flexibility index (Phi) is 7.10. The molecule has 2 rings (SSSR count). The lowest BCUT2D eigenvalue weighted by atomic mass is 10.3. The van der Waals surface area contributed by atoms with Gasteiger partial charge in [-0.25, -0.2) is 9.97 Å². The summed E-state index contributed by atoms with van der Waals surface area (Å²) in [6.45, 7) is 2.30. The number of aromatic nitrogens is 2. The third-order valence-corrected chi connectivity index (χ3v) is 3.26. The molecule has 10 heteroatoms. The van der Waals surface area contributed by atoms with Gasteiger partial charge in [0.15, 0.2) is 6.61 Å². The molecule has 1 aromatic carbocycles. The highest BCUT2D eigenvalue weighted by molar-refractivity contribution is 5.80. The first-order valence-corrected chi connectivity index (χ1v) is 8.07. The zero-order valence-corrected chi connectivity index (χ0v) is 14.3. The number of hydrogen-bond donors (Lipinski definition) is 3. The van der Waals surface area contributed by atoms with E-state index in [0.29, 0.717) is 12.3 Å². The molecule has 0 spiro atoms. The molecule has 1 aromatic heterocycles. The Balaban J connectivity index is 1.96. The lowest BCUT2D eigenvalue weighted by Crippen LogP contribution is -2.34. The first kappa shape index (κ1) is 18.9. The van der Waals surface area contributed by atoms with Gasteiger partial charge in [-0.05, 0) is 18.6 Å². The lowest BCUT2D eigenvalue weighted by molar-refractivity contribution is -0.383. The third kappa shape index (κ3) is 5.58. The first-order chi connectivity index (χ1) is 12.6. The number of unbranched alkanes of at least 4 members (excludes halogenated alkanes) is 1. The average Bonchev–Trinajstić information content (AvgIpc) is 2.65. The number of nitrogens with zero attached hydrogens (tertiary/aromatic N) is 3. The summed E-state index contributed by atoms with van der Waals surface area (Å²) in [5, 5.41) is 14.2. The van der Waals surface area contributed by atoms with Gasteiger partial charge in [-0.15, -0.1) is 0 Å². The first-order valence-electron chi connectivity index (χ1n) is 8.07. The van der Waals surface area contributed by atoms with Crippen molar-refractivity contribution in [3.8, 4) is 5.75 Å². The molecule has 0 atom stereocenters. The van der Waals surface area contributed by atoms with Crippen LogP contribution in [0.2, 0.25) is 0 Å². The summed E-state index contributed by atoms with van der Waals surface area (Å²) < 4.78 is 5.29. The van der Waals surface area contributed by atoms with Crippen LogP contribution < -0.4 is 20.9 Å². The number of benzene rings is 1. The second-order valence-corrected chi connectivity index (χ2v) is 5.23. The summed E-state index contributed by atoms with van der Waals surface area (Å²) in [5.74, 6) is 0.00752. The Morgan fingerprint density at radius 2 is 1.96 bits per heavy atom. The van der Waals surface area contributed by atoms with Gasteiger partial charge in [0.05, 0.1) is 4.92 Å². The van der Waals surface area contributed by atoms with Crippen molar-refractivity contribution in [2.24, 2.45) is 0 Å². The molecule has 0 saturated heterocycles. The van der Waals surface area contributed by atoms with Gasteiger partial charge >= 0.3 is 5.69 Å².